The molecule has 0 aliphatic rings. The van der Waals surface area contributed by atoms with Gasteiger partial charge in [0.05, 0.1) is 5.39 Å². The highest BCUT2D eigenvalue weighted by atomic mass is 35.5. The normalized spacial score (nSPS) is 11.3. The number of rotatable bonds is 4. The maximum Gasteiger partial charge on any atom is 0.260 e. The fourth-order valence-electron chi connectivity index (χ4n) is 2.91. The summed E-state index contributed by atoms with van der Waals surface area (Å²) in [6, 6.07) is 11.7. The number of thiophene rings is 2. The molecule has 0 fully saturated rings. The Hall–Kier alpha value is -1.95. The Morgan fingerprint density at radius 1 is 1.20 bits per heavy atom. The van der Waals surface area contributed by atoms with Crippen molar-refractivity contribution >= 4 is 44.5 Å². The van der Waals surface area contributed by atoms with Gasteiger partial charge in [0.1, 0.15) is 10.7 Å². The summed E-state index contributed by atoms with van der Waals surface area (Å²) in [4.78, 5) is 23.6. The number of aryl methyl sites for hydroxylation is 1. The number of aromatic nitrogens is 2. The van der Waals surface area contributed by atoms with Crippen molar-refractivity contribution in [1.82, 2.24) is 9.97 Å². The lowest BCUT2D eigenvalue weighted by atomic mass is 10.1. The second kappa shape index (κ2) is 6.75. The van der Waals surface area contributed by atoms with Gasteiger partial charge in [-0.05, 0) is 35.6 Å². The minimum absolute atomic E-state index is 0.0617. The summed E-state index contributed by atoms with van der Waals surface area (Å²) < 4.78 is 0. The number of benzene rings is 1. The number of hydrogen-bond donors (Lipinski definition) is 1. The highest BCUT2D eigenvalue weighted by molar-refractivity contribution is 7.20. The fraction of sp³-hybridized carbons (Fsp3) is 0.158. The van der Waals surface area contributed by atoms with Crippen LogP contribution in [-0.4, -0.2) is 9.97 Å². The maximum absolute atomic E-state index is 12.8. The Morgan fingerprint density at radius 2 is 2.00 bits per heavy atom. The molecule has 1 aromatic carbocycles. The predicted molar refractivity (Wildman–Crippen MR) is 107 cm³/mol. The summed E-state index contributed by atoms with van der Waals surface area (Å²) in [6.45, 7) is 2.12. The quantitative estimate of drug-likeness (QED) is 0.502. The molecule has 0 radical (unpaired) electrons. The van der Waals surface area contributed by atoms with E-state index in [0.29, 0.717) is 22.7 Å². The van der Waals surface area contributed by atoms with Gasteiger partial charge in [-0.2, -0.15) is 0 Å². The van der Waals surface area contributed by atoms with Crippen molar-refractivity contribution in [2.75, 3.05) is 0 Å². The molecule has 0 aliphatic carbocycles. The van der Waals surface area contributed by atoms with Crippen LogP contribution in [0.15, 0.2) is 46.6 Å². The van der Waals surface area contributed by atoms with Gasteiger partial charge >= 0.3 is 0 Å². The fourth-order valence-corrected chi connectivity index (χ4v) is 5.05. The highest BCUT2D eigenvalue weighted by Crippen LogP contribution is 2.38. The standard InChI is InChI=1S/C19H15ClN2OS2/c1-2-13-16(14-4-3-9-24-14)17-18(23)21-15(22-19(17)25-13)10-11-5-7-12(20)8-6-11/h3-9H,2,10H2,1H3,(H,21,22,23). The van der Waals surface area contributed by atoms with E-state index in [9.17, 15) is 4.79 Å². The van der Waals surface area contributed by atoms with Crippen LogP contribution in [0.25, 0.3) is 20.7 Å². The molecule has 3 nitrogen and oxygen atoms in total. The molecule has 0 saturated heterocycles. The molecule has 25 heavy (non-hydrogen) atoms. The molecule has 3 heterocycles. The molecule has 0 spiro atoms. The SMILES string of the molecule is CCc1sc2nc(Cc3ccc(Cl)cc3)[nH]c(=O)c2c1-c1cccs1. The molecule has 0 saturated carbocycles. The topological polar surface area (TPSA) is 45.8 Å². The molecule has 4 rings (SSSR count). The van der Waals surface area contributed by atoms with Crippen molar-refractivity contribution < 1.29 is 0 Å². The summed E-state index contributed by atoms with van der Waals surface area (Å²) in [5, 5.41) is 3.45. The van der Waals surface area contributed by atoms with Crippen LogP contribution < -0.4 is 5.56 Å². The van der Waals surface area contributed by atoms with Crippen LogP contribution in [0, 0.1) is 0 Å². The average molecular weight is 387 g/mol. The first-order valence-electron chi connectivity index (χ1n) is 7.98. The van der Waals surface area contributed by atoms with Gasteiger partial charge < -0.3 is 4.98 Å². The van der Waals surface area contributed by atoms with E-state index in [1.165, 1.54) is 4.88 Å². The van der Waals surface area contributed by atoms with Crippen LogP contribution in [0.2, 0.25) is 5.02 Å². The van der Waals surface area contributed by atoms with Crippen LogP contribution >= 0.6 is 34.3 Å². The third-order valence-corrected chi connectivity index (χ3v) is 6.42. The molecular weight excluding hydrogens is 372 g/mol. The van der Waals surface area contributed by atoms with Crippen molar-refractivity contribution in [3.05, 3.63) is 73.4 Å². The first-order valence-corrected chi connectivity index (χ1v) is 10.1. The van der Waals surface area contributed by atoms with E-state index in [1.54, 1.807) is 22.7 Å². The highest BCUT2D eigenvalue weighted by Gasteiger charge is 2.18. The first-order chi connectivity index (χ1) is 12.2. The van der Waals surface area contributed by atoms with Crippen LogP contribution in [0.4, 0.5) is 0 Å². The number of nitrogens with one attached hydrogen (secondary N) is 1. The molecule has 0 bridgehead atoms. The van der Waals surface area contributed by atoms with Gasteiger partial charge in [0.25, 0.3) is 5.56 Å². The average Bonchev–Trinajstić information content (AvgIpc) is 3.23. The van der Waals surface area contributed by atoms with Gasteiger partial charge in [0, 0.05) is 26.8 Å². The minimum Gasteiger partial charge on any atom is -0.310 e. The lowest BCUT2D eigenvalue weighted by Crippen LogP contribution is -2.11. The smallest absolute Gasteiger partial charge is 0.260 e. The van der Waals surface area contributed by atoms with Crippen molar-refractivity contribution in [2.45, 2.75) is 19.8 Å². The molecule has 0 amide bonds. The van der Waals surface area contributed by atoms with Crippen LogP contribution in [0.1, 0.15) is 23.2 Å². The van der Waals surface area contributed by atoms with Crippen molar-refractivity contribution in [3.63, 3.8) is 0 Å². The number of H-pyrrole nitrogens is 1. The van der Waals surface area contributed by atoms with E-state index in [1.807, 2.05) is 35.7 Å². The second-order valence-corrected chi connectivity index (χ2v) is 8.19. The van der Waals surface area contributed by atoms with Crippen molar-refractivity contribution in [3.8, 4) is 10.4 Å². The molecular formula is C19H15ClN2OS2. The number of nitrogens with zero attached hydrogens (tertiary/aromatic N) is 1. The Balaban J connectivity index is 1.83. The summed E-state index contributed by atoms with van der Waals surface area (Å²) in [6.07, 6.45) is 1.47. The summed E-state index contributed by atoms with van der Waals surface area (Å²) in [5.74, 6) is 0.682. The molecule has 4 aromatic rings. The summed E-state index contributed by atoms with van der Waals surface area (Å²) >= 11 is 9.21. The number of hydrogen-bond acceptors (Lipinski definition) is 4. The van der Waals surface area contributed by atoms with Crippen LogP contribution in [0.3, 0.4) is 0 Å². The number of halogens is 1. The lowest BCUT2D eigenvalue weighted by molar-refractivity contribution is 0.977. The zero-order valence-electron chi connectivity index (χ0n) is 13.5. The van der Waals surface area contributed by atoms with E-state index < -0.39 is 0 Å². The molecule has 126 valence electrons. The molecule has 0 atom stereocenters. The molecule has 0 unspecified atom stereocenters. The summed E-state index contributed by atoms with van der Waals surface area (Å²) in [5.41, 5.74) is 2.05. The Labute approximate surface area is 158 Å². The zero-order valence-corrected chi connectivity index (χ0v) is 15.9. The number of aromatic amines is 1. The van der Waals surface area contributed by atoms with Gasteiger partial charge in [-0.3, -0.25) is 4.79 Å². The van der Waals surface area contributed by atoms with E-state index in [0.717, 1.165) is 27.3 Å². The number of fused-ring (bicyclic) bond motifs is 1. The van der Waals surface area contributed by atoms with Gasteiger partial charge in [-0.25, -0.2) is 4.98 Å². The first kappa shape index (κ1) is 16.5. The van der Waals surface area contributed by atoms with Crippen LogP contribution in [-0.2, 0) is 12.8 Å². The maximum atomic E-state index is 12.8. The third-order valence-electron chi connectivity index (χ3n) is 4.06. The summed E-state index contributed by atoms with van der Waals surface area (Å²) in [7, 11) is 0. The molecule has 0 aliphatic heterocycles. The minimum atomic E-state index is -0.0617. The van der Waals surface area contributed by atoms with Gasteiger partial charge in [-0.15, -0.1) is 22.7 Å². The second-order valence-electron chi connectivity index (χ2n) is 5.73. The predicted octanol–water partition coefficient (Wildman–Crippen LogP) is 5.52. The lowest BCUT2D eigenvalue weighted by Gasteiger charge is -2.03. The van der Waals surface area contributed by atoms with Crippen molar-refractivity contribution in [1.29, 1.82) is 0 Å². The third kappa shape index (κ3) is 3.15. The van der Waals surface area contributed by atoms with E-state index in [2.05, 4.69) is 18.0 Å². The van der Waals surface area contributed by atoms with Gasteiger partial charge in [-0.1, -0.05) is 36.7 Å². The van der Waals surface area contributed by atoms with Gasteiger partial charge in [0.2, 0.25) is 0 Å². The van der Waals surface area contributed by atoms with E-state index >= 15 is 0 Å². The molecule has 6 heteroatoms. The van der Waals surface area contributed by atoms with Gasteiger partial charge in [0.15, 0.2) is 0 Å². The van der Waals surface area contributed by atoms with Crippen molar-refractivity contribution in [2.24, 2.45) is 0 Å². The van der Waals surface area contributed by atoms with E-state index in [-0.39, 0.29) is 5.56 Å². The molecule has 1 N–H and O–H groups in total. The Bertz CT molecular complexity index is 1080. The Kier molecular flexibility index (Phi) is 4.46. The van der Waals surface area contributed by atoms with Crippen LogP contribution in [0.5, 0.6) is 0 Å². The monoisotopic (exact) mass is 386 g/mol. The zero-order chi connectivity index (χ0) is 17.4. The van der Waals surface area contributed by atoms with E-state index in [4.69, 9.17) is 16.6 Å². The Morgan fingerprint density at radius 3 is 2.68 bits per heavy atom. The largest absolute Gasteiger partial charge is 0.310 e. The molecule has 3 aromatic heterocycles.